The van der Waals surface area contributed by atoms with Crippen molar-refractivity contribution in [2.75, 3.05) is 25.1 Å². The zero-order valence-electron chi connectivity index (χ0n) is 14.6. The van der Waals surface area contributed by atoms with Gasteiger partial charge in [-0.2, -0.15) is 0 Å². The van der Waals surface area contributed by atoms with Crippen molar-refractivity contribution in [3.8, 4) is 11.5 Å². The molecule has 7 nitrogen and oxygen atoms in total. The molecule has 0 fully saturated rings. The largest absolute Gasteiger partial charge is 0.486 e. The third kappa shape index (κ3) is 4.37. The van der Waals surface area contributed by atoms with Crippen molar-refractivity contribution in [2.24, 2.45) is 5.92 Å². The highest BCUT2D eigenvalue weighted by atomic mass is 16.6. The van der Waals surface area contributed by atoms with Crippen molar-refractivity contribution in [3.05, 3.63) is 35.7 Å². The molecule has 1 aliphatic heterocycles. The molecule has 0 aliphatic carbocycles. The highest BCUT2D eigenvalue weighted by molar-refractivity contribution is 5.92. The number of aryl methyl sites for hydroxylation is 1. The van der Waals surface area contributed by atoms with Crippen LogP contribution in [0.2, 0.25) is 0 Å². The van der Waals surface area contributed by atoms with Gasteiger partial charge in [0.2, 0.25) is 5.95 Å². The van der Waals surface area contributed by atoms with Gasteiger partial charge in [0.1, 0.15) is 18.9 Å². The van der Waals surface area contributed by atoms with Crippen LogP contribution in [-0.2, 0) is 0 Å². The second-order valence-electron chi connectivity index (χ2n) is 6.31. The highest BCUT2D eigenvalue weighted by Crippen LogP contribution is 2.33. The third-order valence-corrected chi connectivity index (χ3v) is 3.56. The Bertz CT molecular complexity index is 777. The Kier molecular flexibility index (Phi) is 5.02. The molecule has 3 rings (SSSR count). The average Bonchev–Trinajstić information content (AvgIpc) is 2.59. The minimum atomic E-state index is -0.204. The van der Waals surface area contributed by atoms with Gasteiger partial charge in [0, 0.05) is 24.0 Å². The predicted molar refractivity (Wildman–Crippen MR) is 94.7 cm³/mol. The van der Waals surface area contributed by atoms with E-state index in [1.807, 2.05) is 39.0 Å². The molecule has 2 N–H and O–H groups in total. The molecule has 1 aromatic heterocycles. The summed E-state index contributed by atoms with van der Waals surface area (Å²) in [7, 11) is 0. The maximum Gasteiger partial charge on any atom is 0.270 e. The van der Waals surface area contributed by atoms with Crippen molar-refractivity contribution in [3.63, 3.8) is 0 Å². The van der Waals surface area contributed by atoms with Crippen LogP contribution in [0.1, 0.15) is 30.0 Å². The monoisotopic (exact) mass is 342 g/mol. The Morgan fingerprint density at radius 1 is 1.16 bits per heavy atom. The number of hydrogen-bond acceptors (Lipinski definition) is 6. The van der Waals surface area contributed by atoms with Crippen LogP contribution >= 0.6 is 0 Å². The van der Waals surface area contributed by atoms with Crippen molar-refractivity contribution in [1.82, 2.24) is 15.3 Å². The summed E-state index contributed by atoms with van der Waals surface area (Å²) in [6.07, 6.45) is 0. The molecule has 1 aliphatic rings. The summed E-state index contributed by atoms with van der Waals surface area (Å²) in [5.41, 5.74) is 1.82. The quantitative estimate of drug-likeness (QED) is 0.869. The molecule has 25 heavy (non-hydrogen) atoms. The van der Waals surface area contributed by atoms with Crippen molar-refractivity contribution < 1.29 is 14.3 Å². The molecule has 0 spiro atoms. The van der Waals surface area contributed by atoms with Gasteiger partial charge >= 0.3 is 0 Å². The molecule has 132 valence electrons. The van der Waals surface area contributed by atoms with Crippen LogP contribution in [0.25, 0.3) is 0 Å². The molecule has 7 heteroatoms. The normalized spacial score (nSPS) is 12.8. The molecule has 0 saturated heterocycles. The van der Waals surface area contributed by atoms with Gasteiger partial charge in [-0.3, -0.25) is 4.79 Å². The molecule has 0 radical (unpaired) electrons. The van der Waals surface area contributed by atoms with Gasteiger partial charge in [0.15, 0.2) is 11.5 Å². The molecule has 2 heterocycles. The number of ether oxygens (including phenoxy) is 2. The standard InChI is InChI=1S/C18H22N4O3/c1-11(2)10-19-17(23)14-8-12(3)20-18(22-14)21-13-4-5-15-16(9-13)25-7-6-24-15/h4-5,8-9,11H,6-7,10H2,1-3H3,(H,19,23)(H,20,21,22). The summed E-state index contributed by atoms with van der Waals surface area (Å²) in [5, 5.41) is 5.98. The van der Waals surface area contributed by atoms with Crippen LogP contribution < -0.4 is 20.1 Å². The number of carbonyl (C=O) groups is 1. The zero-order valence-corrected chi connectivity index (χ0v) is 14.6. The molecular formula is C18H22N4O3. The van der Waals surface area contributed by atoms with Gasteiger partial charge in [-0.05, 0) is 31.0 Å². The Labute approximate surface area is 146 Å². The van der Waals surface area contributed by atoms with E-state index < -0.39 is 0 Å². The van der Waals surface area contributed by atoms with Gasteiger partial charge in [0.25, 0.3) is 5.91 Å². The van der Waals surface area contributed by atoms with Crippen LogP contribution in [0.15, 0.2) is 24.3 Å². The number of aromatic nitrogens is 2. The first-order valence-corrected chi connectivity index (χ1v) is 8.32. The number of amides is 1. The van der Waals surface area contributed by atoms with Crippen molar-refractivity contribution in [2.45, 2.75) is 20.8 Å². The van der Waals surface area contributed by atoms with Crippen LogP contribution in [0.5, 0.6) is 11.5 Å². The maximum absolute atomic E-state index is 12.2. The van der Waals surface area contributed by atoms with E-state index in [2.05, 4.69) is 20.6 Å². The number of benzene rings is 1. The van der Waals surface area contributed by atoms with Gasteiger partial charge < -0.3 is 20.1 Å². The van der Waals surface area contributed by atoms with E-state index in [-0.39, 0.29) is 5.91 Å². The Hall–Kier alpha value is -2.83. The second kappa shape index (κ2) is 7.38. The lowest BCUT2D eigenvalue weighted by atomic mass is 10.2. The summed E-state index contributed by atoms with van der Waals surface area (Å²) in [5.74, 6) is 1.94. The van der Waals surface area contributed by atoms with E-state index >= 15 is 0 Å². The van der Waals surface area contributed by atoms with E-state index in [4.69, 9.17) is 9.47 Å². The molecular weight excluding hydrogens is 320 g/mol. The van der Waals surface area contributed by atoms with Gasteiger partial charge in [-0.1, -0.05) is 13.8 Å². The summed E-state index contributed by atoms with van der Waals surface area (Å²) >= 11 is 0. The fourth-order valence-electron chi connectivity index (χ4n) is 2.38. The molecule has 2 aromatic rings. The lowest BCUT2D eigenvalue weighted by Crippen LogP contribution is -2.28. The van der Waals surface area contributed by atoms with Crippen LogP contribution in [0.3, 0.4) is 0 Å². The first kappa shape index (κ1) is 17.0. The predicted octanol–water partition coefficient (Wildman–Crippen LogP) is 2.69. The topological polar surface area (TPSA) is 85.4 Å². The number of anilines is 2. The Morgan fingerprint density at radius 3 is 2.68 bits per heavy atom. The number of rotatable bonds is 5. The number of carbonyl (C=O) groups excluding carboxylic acids is 1. The summed E-state index contributed by atoms with van der Waals surface area (Å²) < 4.78 is 11.1. The maximum atomic E-state index is 12.2. The van der Waals surface area contributed by atoms with Crippen LogP contribution in [0, 0.1) is 12.8 Å². The number of fused-ring (bicyclic) bond motifs is 1. The lowest BCUT2D eigenvalue weighted by Gasteiger charge is -2.19. The van der Waals surface area contributed by atoms with E-state index in [0.717, 1.165) is 11.4 Å². The molecule has 1 aromatic carbocycles. The fourth-order valence-corrected chi connectivity index (χ4v) is 2.38. The van der Waals surface area contributed by atoms with E-state index in [1.165, 1.54) is 0 Å². The number of nitrogens with one attached hydrogen (secondary N) is 2. The molecule has 0 atom stereocenters. The molecule has 0 unspecified atom stereocenters. The Morgan fingerprint density at radius 2 is 1.92 bits per heavy atom. The summed E-state index contributed by atoms with van der Waals surface area (Å²) in [6.45, 7) is 7.59. The van der Waals surface area contributed by atoms with Gasteiger partial charge in [-0.15, -0.1) is 0 Å². The lowest BCUT2D eigenvalue weighted by molar-refractivity contribution is 0.0944. The SMILES string of the molecule is Cc1cc(C(=O)NCC(C)C)nc(Nc2ccc3c(c2)OCCO3)n1. The molecule has 0 bridgehead atoms. The second-order valence-corrected chi connectivity index (χ2v) is 6.31. The third-order valence-electron chi connectivity index (χ3n) is 3.56. The van der Waals surface area contributed by atoms with E-state index in [9.17, 15) is 4.79 Å². The van der Waals surface area contributed by atoms with Crippen LogP contribution in [-0.4, -0.2) is 35.6 Å². The summed E-state index contributed by atoms with van der Waals surface area (Å²) in [4.78, 5) is 20.9. The molecule has 1 amide bonds. The number of hydrogen-bond donors (Lipinski definition) is 2. The zero-order chi connectivity index (χ0) is 17.8. The summed E-state index contributed by atoms with van der Waals surface area (Å²) in [6, 6.07) is 7.20. The van der Waals surface area contributed by atoms with Gasteiger partial charge in [0.05, 0.1) is 0 Å². The molecule has 0 saturated carbocycles. The average molecular weight is 342 g/mol. The fraction of sp³-hybridized carbons (Fsp3) is 0.389. The van der Waals surface area contributed by atoms with E-state index in [0.29, 0.717) is 48.8 Å². The smallest absolute Gasteiger partial charge is 0.270 e. The highest BCUT2D eigenvalue weighted by Gasteiger charge is 2.14. The van der Waals surface area contributed by atoms with Gasteiger partial charge in [-0.25, -0.2) is 9.97 Å². The van der Waals surface area contributed by atoms with Crippen LogP contribution in [0.4, 0.5) is 11.6 Å². The van der Waals surface area contributed by atoms with Crippen molar-refractivity contribution in [1.29, 1.82) is 0 Å². The minimum absolute atomic E-state index is 0.204. The van der Waals surface area contributed by atoms with E-state index in [1.54, 1.807) is 6.07 Å². The minimum Gasteiger partial charge on any atom is -0.486 e. The number of nitrogens with zero attached hydrogens (tertiary/aromatic N) is 2. The Balaban J connectivity index is 1.77. The first-order valence-electron chi connectivity index (χ1n) is 8.32. The first-order chi connectivity index (χ1) is 12.0. The van der Waals surface area contributed by atoms with Crippen molar-refractivity contribution >= 4 is 17.5 Å².